The first-order chi connectivity index (χ1) is 12.1. The molecule has 3 rings (SSSR count). The maximum atomic E-state index is 6.12. The maximum absolute atomic E-state index is 6.12. The van der Waals surface area contributed by atoms with Gasteiger partial charge in [0.15, 0.2) is 0 Å². The number of hydrogen-bond donors (Lipinski definition) is 1. The van der Waals surface area contributed by atoms with Crippen molar-refractivity contribution in [3.63, 3.8) is 0 Å². The molecule has 0 amide bonds. The van der Waals surface area contributed by atoms with Gasteiger partial charge >= 0.3 is 0 Å². The Morgan fingerprint density at radius 3 is 2.52 bits per heavy atom. The van der Waals surface area contributed by atoms with Gasteiger partial charge in [0, 0.05) is 5.69 Å². The predicted octanol–water partition coefficient (Wildman–Crippen LogP) is 6.20. The molecule has 0 saturated carbocycles. The molecule has 0 unspecified atom stereocenters. The van der Waals surface area contributed by atoms with Gasteiger partial charge < -0.3 is 5.73 Å². The molecule has 0 heterocycles. The first-order valence-corrected chi connectivity index (χ1v) is 8.82. The summed E-state index contributed by atoms with van der Waals surface area (Å²) in [5.74, 6) is 0. The molecule has 3 aromatic rings. The second-order valence-corrected chi connectivity index (χ2v) is 6.46. The third-order valence-corrected chi connectivity index (χ3v) is 4.71. The normalized spacial score (nSPS) is 10.6. The monoisotopic (exact) mass is 327 g/mol. The van der Waals surface area contributed by atoms with Crippen molar-refractivity contribution in [3.05, 3.63) is 90.0 Å². The minimum Gasteiger partial charge on any atom is -0.398 e. The summed E-state index contributed by atoms with van der Waals surface area (Å²) in [7, 11) is 0. The van der Waals surface area contributed by atoms with Crippen molar-refractivity contribution in [3.8, 4) is 22.3 Å². The van der Waals surface area contributed by atoms with Crippen LogP contribution in [0.25, 0.3) is 22.3 Å². The molecule has 0 aliphatic rings. The van der Waals surface area contributed by atoms with Crippen LogP contribution in [0, 0.1) is 6.92 Å². The van der Waals surface area contributed by atoms with Crippen LogP contribution in [0.1, 0.15) is 23.6 Å². The van der Waals surface area contributed by atoms with E-state index in [0.717, 1.165) is 24.1 Å². The van der Waals surface area contributed by atoms with Gasteiger partial charge in [-0.3, -0.25) is 0 Å². The second kappa shape index (κ2) is 7.40. The highest BCUT2D eigenvalue weighted by atomic mass is 14.6. The lowest BCUT2D eigenvalue weighted by Crippen LogP contribution is -1.95. The average Bonchev–Trinajstić information content (AvgIpc) is 2.63. The standard InChI is InChI=1S/C24H25N/c1-4-8-20-16-19(13-14-23(20)25)22-12-6-9-17(3)24(22)21-11-7-10-18(5-2)15-21/h4,6-7,9-16H,1,5,8,25H2,2-3H3. The molecular formula is C24H25N. The third kappa shape index (κ3) is 3.51. The number of nitrogen functional groups attached to an aromatic ring is 1. The fourth-order valence-corrected chi connectivity index (χ4v) is 3.34. The molecule has 0 bridgehead atoms. The third-order valence-electron chi connectivity index (χ3n) is 4.71. The molecule has 0 saturated heterocycles. The summed E-state index contributed by atoms with van der Waals surface area (Å²) in [6, 6.07) is 21.7. The number of aryl methyl sites for hydroxylation is 2. The Balaban J connectivity index is 2.19. The van der Waals surface area contributed by atoms with Crippen LogP contribution in [0.5, 0.6) is 0 Å². The molecule has 2 N–H and O–H groups in total. The minimum atomic E-state index is 0.784. The molecule has 1 nitrogen and oxygen atoms in total. The van der Waals surface area contributed by atoms with Gasteiger partial charge in [0.25, 0.3) is 0 Å². The lowest BCUT2D eigenvalue weighted by Gasteiger charge is -2.15. The Hall–Kier alpha value is -2.80. The first-order valence-electron chi connectivity index (χ1n) is 8.82. The van der Waals surface area contributed by atoms with E-state index in [-0.39, 0.29) is 0 Å². The highest BCUT2D eigenvalue weighted by Crippen LogP contribution is 2.36. The number of hydrogen-bond acceptors (Lipinski definition) is 1. The van der Waals surface area contributed by atoms with Gasteiger partial charge in [-0.05, 0) is 70.8 Å². The minimum absolute atomic E-state index is 0.784. The lowest BCUT2D eigenvalue weighted by molar-refractivity contribution is 1.14. The molecule has 3 aromatic carbocycles. The molecule has 1 heteroatoms. The molecular weight excluding hydrogens is 302 g/mol. The quantitative estimate of drug-likeness (QED) is 0.438. The number of benzene rings is 3. The van der Waals surface area contributed by atoms with E-state index in [2.05, 4.69) is 75.0 Å². The summed E-state index contributed by atoms with van der Waals surface area (Å²) in [5, 5.41) is 0. The Bertz CT molecular complexity index is 906. The highest BCUT2D eigenvalue weighted by Gasteiger charge is 2.12. The summed E-state index contributed by atoms with van der Waals surface area (Å²) < 4.78 is 0. The Kier molecular flexibility index (Phi) is 5.04. The number of allylic oxidation sites excluding steroid dienone is 1. The Morgan fingerprint density at radius 1 is 0.960 bits per heavy atom. The van der Waals surface area contributed by atoms with Gasteiger partial charge in [0.05, 0.1) is 0 Å². The largest absolute Gasteiger partial charge is 0.398 e. The van der Waals surface area contributed by atoms with Gasteiger partial charge in [-0.1, -0.05) is 61.5 Å². The zero-order valence-corrected chi connectivity index (χ0v) is 15.0. The molecule has 0 aromatic heterocycles. The number of anilines is 1. The van der Waals surface area contributed by atoms with Crippen LogP contribution >= 0.6 is 0 Å². The van der Waals surface area contributed by atoms with Crippen LogP contribution in [-0.2, 0) is 12.8 Å². The highest BCUT2D eigenvalue weighted by molar-refractivity contribution is 5.86. The second-order valence-electron chi connectivity index (χ2n) is 6.46. The van der Waals surface area contributed by atoms with Crippen molar-refractivity contribution < 1.29 is 0 Å². The zero-order chi connectivity index (χ0) is 17.8. The van der Waals surface area contributed by atoms with Crippen molar-refractivity contribution in [2.24, 2.45) is 0 Å². The van der Waals surface area contributed by atoms with E-state index in [9.17, 15) is 0 Å². The molecule has 126 valence electrons. The molecule has 0 radical (unpaired) electrons. The predicted molar refractivity (Wildman–Crippen MR) is 110 cm³/mol. The average molecular weight is 327 g/mol. The summed E-state index contributed by atoms with van der Waals surface area (Å²) in [5.41, 5.74) is 15.7. The van der Waals surface area contributed by atoms with E-state index >= 15 is 0 Å². The van der Waals surface area contributed by atoms with Crippen LogP contribution in [0.3, 0.4) is 0 Å². The van der Waals surface area contributed by atoms with Crippen LogP contribution in [0.15, 0.2) is 73.3 Å². The molecule has 0 aliphatic carbocycles. The van der Waals surface area contributed by atoms with Crippen LogP contribution in [0.4, 0.5) is 5.69 Å². The van der Waals surface area contributed by atoms with E-state index in [4.69, 9.17) is 5.73 Å². The van der Waals surface area contributed by atoms with E-state index in [1.165, 1.54) is 33.4 Å². The fourth-order valence-electron chi connectivity index (χ4n) is 3.34. The van der Waals surface area contributed by atoms with Gasteiger partial charge in [-0.2, -0.15) is 0 Å². The van der Waals surface area contributed by atoms with Crippen LogP contribution in [0.2, 0.25) is 0 Å². The zero-order valence-electron chi connectivity index (χ0n) is 15.0. The molecule has 0 spiro atoms. The Labute approximate surface area is 150 Å². The van der Waals surface area contributed by atoms with E-state index < -0.39 is 0 Å². The number of rotatable bonds is 5. The topological polar surface area (TPSA) is 26.0 Å². The summed E-state index contributed by atoms with van der Waals surface area (Å²) in [4.78, 5) is 0. The summed E-state index contributed by atoms with van der Waals surface area (Å²) >= 11 is 0. The van der Waals surface area contributed by atoms with Crippen molar-refractivity contribution in [1.82, 2.24) is 0 Å². The first kappa shape index (κ1) is 17.0. The summed E-state index contributed by atoms with van der Waals surface area (Å²) in [6.45, 7) is 8.22. The molecule has 0 aliphatic heterocycles. The van der Waals surface area contributed by atoms with Gasteiger partial charge in [0.1, 0.15) is 0 Å². The van der Waals surface area contributed by atoms with Crippen LogP contribution in [-0.4, -0.2) is 0 Å². The lowest BCUT2D eigenvalue weighted by atomic mass is 9.89. The van der Waals surface area contributed by atoms with E-state index in [1.807, 2.05) is 12.1 Å². The molecule has 0 fully saturated rings. The smallest absolute Gasteiger partial charge is 0.0350 e. The molecule has 25 heavy (non-hydrogen) atoms. The van der Waals surface area contributed by atoms with Crippen molar-refractivity contribution in [2.45, 2.75) is 26.7 Å². The van der Waals surface area contributed by atoms with Crippen molar-refractivity contribution in [1.29, 1.82) is 0 Å². The van der Waals surface area contributed by atoms with Crippen molar-refractivity contribution in [2.75, 3.05) is 5.73 Å². The number of nitrogens with two attached hydrogens (primary N) is 1. The van der Waals surface area contributed by atoms with E-state index in [0.29, 0.717) is 0 Å². The van der Waals surface area contributed by atoms with Gasteiger partial charge in [-0.25, -0.2) is 0 Å². The van der Waals surface area contributed by atoms with Gasteiger partial charge in [0.2, 0.25) is 0 Å². The van der Waals surface area contributed by atoms with Gasteiger partial charge in [-0.15, -0.1) is 6.58 Å². The van der Waals surface area contributed by atoms with E-state index in [1.54, 1.807) is 0 Å². The molecule has 0 atom stereocenters. The SMILES string of the molecule is C=CCc1cc(-c2cccc(C)c2-c2cccc(CC)c2)ccc1N. The Morgan fingerprint density at radius 2 is 1.76 bits per heavy atom. The fraction of sp³-hybridized carbons (Fsp3) is 0.167. The van der Waals surface area contributed by atoms with Crippen molar-refractivity contribution >= 4 is 5.69 Å². The maximum Gasteiger partial charge on any atom is 0.0350 e. The summed E-state index contributed by atoms with van der Waals surface area (Å²) in [6.07, 6.45) is 3.73. The van der Waals surface area contributed by atoms with Crippen LogP contribution < -0.4 is 5.73 Å².